The van der Waals surface area contributed by atoms with Crippen LogP contribution in [0.3, 0.4) is 0 Å². The van der Waals surface area contributed by atoms with Crippen LogP contribution in [0, 0.1) is 13.8 Å². The van der Waals surface area contributed by atoms with Gasteiger partial charge in [-0.3, -0.25) is 9.69 Å². The monoisotopic (exact) mass is 332 g/mol. The van der Waals surface area contributed by atoms with Gasteiger partial charge in [0.05, 0.1) is 5.75 Å². The van der Waals surface area contributed by atoms with Crippen LogP contribution in [0.1, 0.15) is 11.1 Å². The molecule has 0 bridgehead atoms. The number of thioether (sulfide) groups is 1. The summed E-state index contributed by atoms with van der Waals surface area (Å²) in [5, 5.41) is 10.9. The minimum absolute atomic E-state index is 0.0852. The molecule has 1 fully saturated rings. The molecule has 0 atom stereocenters. The summed E-state index contributed by atoms with van der Waals surface area (Å²) in [4.78, 5) is 24.6. The van der Waals surface area contributed by atoms with Crippen molar-refractivity contribution in [3.63, 3.8) is 0 Å². The Morgan fingerprint density at radius 2 is 2.04 bits per heavy atom. The quantitative estimate of drug-likeness (QED) is 0.862. The second-order valence-electron chi connectivity index (χ2n) is 5.32. The number of hydrogen-bond donors (Lipinski definition) is 1. The molecule has 0 unspecified atom stereocenters. The van der Waals surface area contributed by atoms with Gasteiger partial charge in [0.1, 0.15) is 0 Å². The van der Waals surface area contributed by atoms with Gasteiger partial charge in [-0.05, 0) is 26.0 Å². The predicted molar refractivity (Wildman–Crippen MR) is 85.0 cm³/mol. The van der Waals surface area contributed by atoms with Crippen molar-refractivity contribution < 1.29 is 14.0 Å². The number of urea groups is 1. The fraction of sp³-hybridized carbons (Fsp3) is 0.333. The van der Waals surface area contributed by atoms with Gasteiger partial charge in [-0.25, -0.2) is 4.79 Å². The van der Waals surface area contributed by atoms with E-state index in [9.17, 15) is 9.59 Å². The molecule has 7 nitrogen and oxygen atoms in total. The molecular formula is C15H16N4O3S. The Balaban J connectivity index is 1.65. The highest BCUT2D eigenvalue weighted by molar-refractivity contribution is 7.99. The third-order valence-electron chi connectivity index (χ3n) is 3.35. The van der Waals surface area contributed by atoms with E-state index in [1.165, 1.54) is 4.90 Å². The molecule has 1 aliphatic heterocycles. The number of nitrogens with one attached hydrogen (secondary N) is 1. The molecule has 3 amide bonds. The predicted octanol–water partition coefficient (Wildman–Crippen LogP) is 2.00. The molecule has 2 heterocycles. The van der Waals surface area contributed by atoms with Crippen LogP contribution in [-0.2, 0) is 4.79 Å². The van der Waals surface area contributed by atoms with Crippen molar-refractivity contribution in [2.24, 2.45) is 0 Å². The van der Waals surface area contributed by atoms with Gasteiger partial charge in [-0.1, -0.05) is 29.0 Å². The number of carbonyl (C=O) groups is 2. The molecule has 1 aliphatic rings. The van der Waals surface area contributed by atoms with Gasteiger partial charge < -0.3 is 9.73 Å². The van der Waals surface area contributed by atoms with Crippen molar-refractivity contribution in [1.82, 2.24) is 20.4 Å². The van der Waals surface area contributed by atoms with E-state index in [0.717, 1.165) is 28.5 Å². The summed E-state index contributed by atoms with van der Waals surface area (Å²) in [7, 11) is 0. The normalized spacial score (nSPS) is 14.2. The molecule has 0 aliphatic carbocycles. The molecule has 1 aromatic heterocycles. The lowest BCUT2D eigenvalue weighted by Crippen LogP contribution is -2.35. The number of amides is 3. The van der Waals surface area contributed by atoms with Crippen molar-refractivity contribution in [2.75, 3.05) is 18.8 Å². The third-order valence-corrected chi connectivity index (χ3v) is 4.16. The minimum Gasteiger partial charge on any atom is -0.411 e. The fourth-order valence-electron chi connectivity index (χ4n) is 2.39. The number of hydrogen-bond acceptors (Lipinski definition) is 6. The number of nitrogens with zero attached hydrogens (tertiary/aromatic N) is 3. The summed E-state index contributed by atoms with van der Waals surface area (Å²) in [5.41, 5.74) is 3.08. The molecule has 3 rings (SSSR count). The first-order valence-corrected chi connectivity index (χ1v) is 8.14. The van der Waals surface area contributed by atoms with Gasteiger partial charge in [0, 0.05) is 18.7 Å². The Bertz CT molecular complexity index is 739. The fourth-order valence-corrected chi connectivity index (χ4v) is 3.03. The molecule has 1 N–H and O–H groups in total. The molecule has 120 valence electrons. The number of benzene rings is 1. The number of imide groups is 1. The van der Waals surface area contributed by atoms with Gasteiger partial charge in [-0.2, -0.15) is 0 Å². The Kier molecular flexibility index (Phi) is 4.33. The van der Waals surface area contributed by atoms with E-state index in [2.05, 4.69) is 21.6 Å². The summed E-state index contributed by atoms with van der Waals surface area (Å²) in [6.07, 6.45) is 0. The highest BCUT2D eigenvalue weighted by Crippen LogP contribution is 2.25. The van der Waals surface area contributed by atoms with E-state index in [4.69, 9.17) is 4.42 Å². The lowest BCUT2D eigenvalue weighted by atomic mass is 10.1. The molecule has 8 heteroatoms. The van der Waals surface area contributed by atoms with Gasteiger partial charge in [-0.15, -0.1) is 10.2 Å². The maximum absolute atomic E-state index is 11.9. The van der Waals surface area contributed by atoms with Gasteiger partial charge >= 0.3 is 6.03 Å². The zero-order valence-corrected chi connectivity index (χ0v) is 13.6. The van der Waals surface area contributed by atoms with E-state index < -0.39 is 0 Å². The molecule has 0 radical (unpaired) electrons. The lowest BCUT2D eigenvalue weighted by Gasteiger charge is -2.10. The molecular weight excluding hydrogens is 316 g/mol. The zero-order valence-electron chi connectivity index (χ0n) is 12.8. The number of rotatable bonds is 4. The number of carbonyl (C=O) groups excluding carboxylic acids is 2. The Hall–Kier alpha value is -2.35. The number of aromatic nitrogens is 2. The lowest BCUT2D eigenvalue weighted by molar-refractivity contribution is -0.124. The maximum atomic E-state index is 11.9. The van der Waals surface area contributed by atoms with E-state index in [1.807, 2.05) is 26.0 Å². The second-order valence-corrected chi connectivity index (χ2v) is 6.24. The van der Waals surface area contributed by atoms with Crippen LogP contribution in [0.5, 0.6) is 0 Å². The topological polar surface area (TPSA) is 88.3 Å². The van der Waals surface area contributed by atoms with Crippen LogP contribution in [-0.4, -0.2) is 45.9 Å². The summed E-state index contributed by atoms with van der Waals surface area (Å²) >= 11 is 1.13. The first-order chi connectivity index (χ1) is 11.0. The highest BCUT2D eigenvalue weighted by Gasteiger charge is 2.26. The molecule has 1 aromatic carbocycles. The highest BCUT2D eigenvalue weighted by atomic mass is 32.2. The van der Waals surface area contributed by atoms with Gasteiger partial charge in [0.2, 0.25) is 11.8 Å². The Morgan fingerprint density at radius 3 is 2.70 bits per heavy atom. The summed E-state index contributed by atoms with van der Waals surface area (Å²) in [6, 6.07) is 5.65. The molecule has 0 saturated carbocycles. The summed E-state index contributed by atoms with van der Waals surface area (Å²) in [6.45, 7) is 4.90. The van der Waals surface area contributed by atoms with E-state index in [1.54, 1.807) is 0 Å². The Morgan fingerprint density at radius 1 is 1.30 bits per heavy atom. The van der Waals surface area contributed by atoms with Crippen LogP contribution in [0.4, 0.5) is 4.79 Å². The average Bonchev–Trinajstić information content (AvgIpc) is 3.12. The van der Waals surface area contributed by atoms with Crippen LogP contribution in [0.15, 0.2) is 27.8 Å². The van der Waals surface area contributed by atoms with Gasteiger partial charge in [0.25, 0.3) is 5.22 Å². The average molecular weight is 332 g/mol. The second kappa shape index (κ2) is 6.41. The van der Waals surface area contributed by atoms with Crippen LogP contribution < -0.4 is 5.32 Å². The smallest absolute Gasteiger partial charge is 0.324 e. The SMILES string of the molecule is Cc1cc(C)cc(-c2nnc(SCC(=O)N3CCNC3=O)o2)c1. The van der Waals surface area contributed by atoms with Crippen LogP contribution in [0.25, 0.3) is 11.5 Å². The minimum atomic E-state index is -0.350. The summed E-state index contributed by atoms with van der Waals surface area (Å²) in [5.74, 6) is 0.240. The molecule has 1 saturated heterocycles. The van der Waals surface area contributed by atoms with Crippen LogP contribution >= 0.6 is 11.8 Å². The van der Waals surface area contributed by atoms with Crippen molar-refractivity contribution in [3.05, 3.63) is 29.3 Å². The van der Waals surface area contributed by atoms with E-state index in [-0.39, 0.29) is 17.7 Å². The first kappa shape index (κ1) is 15.5. The Labute approximate surface area is 137 Å². The standard InChI is InChI=1S/C15H16N4O3S/c1-9-5-10(2)7-11(6-9)13-17-18-15(22-13)23-8-12(20)19-4-3-16-14(19)21/h5-7H,3-4,8H2,1-2H3,(H,16,21). The molecule has 2 aromatic rings. The number of aryl methyl sites for hydroxylation is 2. The van der Waals surface area contributed by atoms with E-state index >= 15 is 0 Å². The van der Waals surface area contributed by atoms with Crippen molar-refractivity contribution in [2.45, 2.75) is 19.1 Å². The van der Waals surface area contributed by atoms with E-state index in [0.29, 0.717) is 24.2 Å². The van der Waals surface area contributed by atoms with Crippen molar-refractivity contribution in [3.8, 4) is 11.5 Å². The largest absolute Gasteiger partial charge is 0.411 e. The zero-order chi connectivity index (χ0) is 16.4. The maximum Gasteiger partial charge on any atom is 0.324 e. The molecule has 0 spiro atoms. The van der Waals surface area contributed by atoms with Gasteiger partial charge in [0.15, 0.2) is 0 Å². The first-order valence-electron chi connectivity index (χ1n) is 7.16. The van der Waals surface area contributed by atoms with Crippen molar-refractivity contribution >= 4 is 23.7 Å². The molecule has 23 heavy (non-hydrogen) atoms. The van der Waals surface area contributed by atoms with Crippen molar-refractivity contribution in [1.29, 1.82) is 0 Å². The summed E-state index contributed by atoms with van der Waals surface area (Å²) < 4.78 is 5.59. The third kappa shape index (κ3) is 3.53. The van der Waals surface area contributed by atoms with Crippen LogP contribution in [0.2, 0.25) is 0 Å².